The summed E-state index contributed by atoms with van der Waals surface area (Å²) >= 11 is 0. The van der Waals surface area contributed by atoms with E-state index in [0.29, 0.717) is 18.0 Å². The van der Waals surface area contributed by atoms with Gasteiger partial charge in [0.2, 0.25) is 0 Å². The number of halogens is 1. The van der Waals surface area contributed by atoms with Crippen molar-refractivity contribution in [2.24, 2.45) is 5.92 Å². The van der Waals surface area contributed by atoms with Crippen LogP contribution in [0, 0.1) is 5.92 Å². The SMILES string of the molecule is CC(C)COCCN1CC(C)NC(C)C1.Cl. The maximum absolute atomic E-state index is 5.61. The Kier molecular flexibility index (Phi) is 8.38. The van der Waals surface area contributed by atoms with E-state index in [9.17, 15) is 0 Å². The monoisotopic (exact) mass is 250 g/mol. The molecule has 1 rings (SSSR count). The minimum absolute atomic E-state index is 0. The zero-order valence-electron chi connectivity index (χ0n) is 11.0. The summed E-state index contributed by atoms with van der Waals surface area (Å²) in [4.78, 5) is 2.49. The fraction of sp³-hybridized carbons (Fsp3) is 1.00. The Labute approximate surface area is 106 Å². The lowest BCUT2D eigenvalue weighted by molar-refractivity contribution is 0.0713. The predicted molar refractivity (Wildman–Crippen MR) is 71.4 cm³/mol. The molecule has 0 aromatic carbocycles. The number of piperazine rings is 1. The molecule has 0 amide bonds. The highest BCUT2D eigenvalue weighted by Gasteiger charge is 2.20. The molecule has 0 aromatic rings. The maximum Gasteiger partial charge on any atom is 0.0593 e. The van der Waals surface area contributed by atoms with Crippen LogP contribution < -0.4 is 5.32 Å². The van der Waals surface area contributed by atoms with Gasteiger partial charge < -0.3 is 10.1 Å². The lowest BCUT2D eigenvalue weighted by atomic mass is 10.1. The van der Waals surface area contributed by atoms with Crippen LogP contribution in [0.2, 0.25) is 0 Å². The maximum atomic E-state index is 5.61. The van der Waals surface area contributed by atoms with Crippen molar-refractivity contribution in [2.45, 2.75) is 39.8 Å². The van der Waals surface area contributed by atoms with Gasteiger partial charge in [0.25, 0.3) is 0 Å². The standard InChI is InChI=1S/C12H26N2O.ClH/c1-10(2)9-15-6-5-14-7-11(3)13-12(4)8-14;/h10-13H,5-9H2,1-4H3;1H. The van der Waals surface area contributed by atoms with Crippen molar-refractivity contribution < 1.29 is 4.74 Å². The van der Waals surface area contributed by atoms with Crippen molar-refractivity contribution in [3.63, 3.8) is 0 Å². The molecule has 0 aromatic heterocycles. The summed E-state index contributed by atoms with van der Waals surface area (Å²) in [6.45, 7) is 14.0. The van der Waals surface area contributed by atoms with Crippen molar-refractivity contribution in [3.8, 4) is 0 Å². The molecule has 3 nitrogen and oxygen atoms in total. The molecule has 1 saturated heterocycles. The number of nitrogens with zero attached hydrogens (tertiary/aromatic N) is 1. The Bertz CT molecular complexity index is 168. The second-order valence-electron chi connectivity index (χ2n) is 5.20. The third-order valence-electron chi connectivity index (χ3n) is 2.64. The zero-order valence-corrected chi connectivity index (χ0v) is 11.8. The summed E-state index contributed by atoms with van der Waals surface area (Å²) < 4.78 is 5.61. The number of ether oxygens (including phenoxy) is 1. The van der Waals surface area contributed by atoms with Crippen LogP contribution in [-0.2, 0) is 4.74 Å². The van der Waals surface area contributed by atoms with Gasteiger partial charge in [-0.3, -0.25) is 4.90 Å². The third kappa shape index (κ3) is 6.69. The van der Waals surface area contributed by atoms with E-state index in [4.69, 9.17) is 4.74 Å². The molecular formula is C12H27ClN2O. The fourth-order valence-electron chi connectivity index (χ4n) is 2.14. The normalized spacial score (nSPS) is 26.8. The number of hydrogen-bond acceptors (Lipinski definition) is 3. The van der Waals surface area contributed by atoms with Crippen molar-refractivity contribution in [3.05, 3.63) is 0 Å². The third-order valence-corrected chi connectivity index (χ3v) is 2.64. The number of rotatable bonds is 5. The van der Waals surface area contributed by atoms with Crippen LogP contribution in [0.1, 0.15) is 27.7 Å². The Morgan fingerprint density at radius 1 is 1.25 bits per heavy atom. The lowest BCUT2D eigenvalue weighted by Gasteiger charge is -2.36. The van der Waals surface area contributed by atoms with Gasteiger partial charge in [0.15, 0.2) is 0 Å². The van der Waals surface area contributed by atoms with Gasteiger partial charge >= 0.3 is 0 Å². The molecule has 1 N–H and O–H groups in total. The Hall–Kier alpha value is 0.170. The predicted octanol–water partition coefficient (Wildman–Crippen LogP) is 1.76. The lowest BCUT2D eigenvalue weighted by Crippen LogP contribution is -2.54. The van der Waals surface area contributed by atoms with Gasteiger partial charge in [0, 0.05) is 38.3 Å². The highest BCUT2D eigenvalue weighted by atomic mass is 35.5. The van der Waals surface area contributed by atoms with Gasteiger partial charge in [-0.2, -0.15) is 0 Å². The minimum Gasteiger partial charge on any atom is -0.380 e. The molecule has 16 heavy (non-hydrogen) atoms. The average molecular weight is 251 g/mol. The van der Waals surface area contributed by atoms with E-state index in [2.05, 4.69) is 37.9 Å². The van der Waals surface area contributed by atoms with Crippen LogP contribution in [-0.4, -0.2) is 49.8 Å². The van der Waals surface area contributed by atoms with Gasteiger partial charge in [-0.05, 0) is 19.8 Å². The molecule has 0 bridgehead atoms. The van der Waals surface area contributed by atoms with E-state index < -0.39 is 0 Å². The van der Waals surface area contributed by atoms with Gasteiger partial charge in [-0.25, -0.2) is 0 Å². The first-order chi connectivity index (χ1) is 7.08. The Morgan fingerprint density at radius 2 is 1.81 bits per heavy atom. The second-order valence-corrected chi connectivity index (χ2v) is 5.20. The molecule has 0 spiro atoms. The second kappa shape index (κ2) is 8.29. The summed E-state index contributed by atoms with van der Waals surface area (Å²) in [6, 6.07) is 1.22. The molecule has 4 heteroatoms. The van der Waals surface area contributed by atoms with Crippen LogP contribution >= 0.6 is 12.4 Å². The first-order valence-electron chi connectivity index (χ1n) is 6.14. The number of nitrogens with one attached hydrogen (secondary N) is 1. The van der Waals surface area contributed by atoms with E-state index in [-0.39, 0.29) is 12.4 Å². The first kappa shape index (κ1) is 16.2. The van der Waals surface area contributed by atoms with E-state index in [0.717, 1.165) is 32.8 Å². The molecule has 1 aliphatic heterocycles. The van der Waals surface area contributed by atoms with E-state index in [1.807, 2.05) is 0 Å². The summed E-state index contributed by atoms with van der Waals surface area (Å²) in [6.07, 6.45) is 0. The molecule has 0 saturated carbocycles. The Balaban J connectivity index is 0.00000225. The van der Waals surface area contributed by atoms with Gasteiger partial charge in [0.05, 0.1) is 6.61 Å². The molecule has 0 radical (unpaired) electrons. The van der Waals surface area contributed by atoms with Crippen LogP contribution in [0.15, 0.2) is 0 Å². The van der Waals surface area contributed by atoms with Crippen molar-refractivity contribution >= 4 is 12.4 Å². The van der Waals surface area contributed by atoms with Crippen molar-refractivity contribution in [2.75, 3.05) is 32.8 Å². The summed E-state index contributed by atoms with van der Waals surface area (Å²) in [7, 11) is 0. The van der Waals surface area contributed by atoms with Gasteiger partial charge in [0.1, 0.15) is 0 Å². The highest BCUT2D eigenvalue weighted by Crippen LogP contribution is 2.03. The fourth-order valence-corrected chi connectivity index (χ4v) is 2.14. The van der Waals surface area contributed by atoms with Crippen molar-refractivity contribution in [1.29, 1.82) is 0 Å². The van der Waals surface area contributed by atoms with Crippen LogP contribution in [0.5, 0.6) is 0 Å². The summed E-state index contributed by atoms with van der Waals surface area (Å²) in [5.41, 5.74) is 0. The van der Waals surface area contributed by atoms with Crippen molar-refractivity contribution in [1.82, 2.24) is 10.2 Å². The molecule has 98 valence electrons. The first-order valence-corrected chi connectivity index (χ1v) is 6.14. The molecule has 2 unspecified atom stereocenters. The largest absolute Gasteiger partial charge is 0.380 e. The molecule has 0 aliphatic carbocycles. The van der Waals surface area contributed by atoms with E-state index in [1.54, 1.807) is 0 Å². The number of hydrogen-bond donors (Lipinski definition) is 1. The zero-order chi connectivity index (χ0) is 11.3. The average Bonchev–Trinajstić information content (AvgIpc) is 2.10. The highest BCUT2D eigenvalue weighted by molar-refractivity contribution is 5.85. The smallest absolute Gasteiger partial charge is 0.0593 e. The topological polar surface area (TPSA) is 24.5 Å². The van der Waals surface area contributed by atoms with Gasteiger partial charge in [-0.15, -0.1) is 12.4 Å². The summed E-state index contributed by atoms with van der Waals surface area (Å²) in [5, 5.41) is 3.54. The van der Waals surface area contributed by atoms with E-state index in [1.165, 1.54) is 0 Å². The van der Waals surface area contributed by atoms with Crippen LogP contribution in [0.3, 0.4) is 0 Å². The molecule has 1 heterocycles. The Morgan fingerprint density at radius 3 is 2.31 bits per heavy atom. The molecular weight excluding hydrogens is 224 g/mol. The van der Waals surface area contributed by atoms with Crippen LogP contribution in [0.4, 0.5) is 0 Å². The van der Waals surface area contributed by atoms with Gasteiger partial charge in [-0.1, -0.05) is 13.8 Å². The van der Waals surface area contributed by atoms with E-state index >= 15 is 0 Å². The van der Waals surface area contributed by atoms with Crippen LogP contribution in [0.25, 0.3) is 0 Å². The quantitative estimate of drug-likeness (QED) is 0.753. The molecule has 1 fully saturated rings. The molecule has 1 aliphatic rings. The molecule has 2 atom stereocenters. The summed E-state index contributed by atoms with van der Waals surface area (Å²) in [5.74, 6) is 0.644. The minimum atomic E-state index is 0.